The lowest BCUT2D eigenvalue weighted by Gasteiger charge is -2.07. The van der Waals surface area contributed by atoms with E-state index in [-0.39, 0.29) is 10.6 Å². The molecular formula is C11H9F3N2O3S2. The zero-order valence-electron chi connectivity index (χ0n) is 10.6. The van der Waals surface area contributed by atoms with Crippen molar-refractivity contribution in [2.75, 3.05) is 12.4 Å². The lowest BCUT2D eigenvalue weighted by Crippen LogP contribution is -2.15. The van der Waals surface area contributed by atoms with Gasteiger partial charge in [-0.15, -0.1) is 36.3 Å². The van der Waals surface area contributed by atoms with Crippen LogP contribution in [-0.4, -0.2) is 39.8 Å². The summed E-state index contributed by atoms with van der Waals surface area (Å²) in [6.07, 6.45) is -3.40. The first kappa shape index (κ1) is 16.0. The van der Waals surface area contributed by atoms with Crippen molar-refractivity contribution >= 4 is 39.3 Å². The quantitative estimate of drug-likeness (QED) is 0.512. The number of halogens is 3. The van der Waals surface area contributed by atoms with Gasteiger partial charge in [-0.2, -0.15) is 0 Å². The molecule has 0 fully saturated rings. The van der Waals surface area contributed by atoms with E-state index in [1.165, 1.54) is 6.33 Å². The van der Waals surface area contributed by atoms with Crippen molar-refractivity contribution in [3.05, 3.63) is 16.8 Å². The maximum atomic E-state index is 11.9. The molecule has 114 valence electrons. The number of hydrogen-bond donors (Lipinski definition) is 1. The summed E-state index contributed by atoms with van der Waals surface area (Å²) < 4.78 is 39.3. The van der Waals surface area contributed by atoms with Crippen molar-refractivity contribution in [1.82, 2.24) is 9.97 Å². The van der Waals surface area contributed by atoms with E-state index in [1.807, 2.05) is 0 Å². The van der Waals surface area contributed by atoms with Crippen LogP contribution in [0.2, 0.25) is 0 Å². The Morgan fingerprint density at radius 1 is 1.48 bits per heavy atom. The summed E-state index contributed by atoms with van der Waals surface area (Å²) in [6.45, 7) is 1.12. The molecule has 5 nitrogen and oxygen atoms in total. The number of carboxylic acid groups (broad SMARTS) is 1. The molecule has 10 heteroatoms. The van der Waals surface area contributed by atoms with E-state index in [4.69, 9.17) is 5.11 Å². The number of thiophene rings is 1. The molecule has 0 atom stereocenters. The maximum Gasteiger partial charge on any atom is 0.522 e. The molecule has 0 bridgehead atoms. The summed E-state index contributed by atoms with van der Waals surface area (Å²) >= 11 is 2.08. The Morgan fingerprint density at radius 3 is 2.81 bits per heavy atom. The van der Waals surface area contributed by atoms with Crippen LogP contribution in [-0.2, 0) is 4.74 Å². The van der Waals surface area contributed by atoms with E-state index in [0.29, 0.717) is 20.8 Å². The average molecular weight is 338 g/mol. The Hall–Kier alpha value is -1.39. The summed E-state index contributed by atoms with van der Waals surface area (Å²) in [5, 5.41) is 10.1. The van der Waals surface area contributed by atoms with Gasteiger partial charge in [-0.3, -0.25) is 4.74 Å². The molecule has 2 heterocycles. The van der Waals surface area contributed by atoms with Crippen LogP contribution in [0.3, 0.4) is 0 Å². The molecule has 2 aromatic heterocycles. The SMILES string of the molecule is Cc1c(C(=O)O)sc2ncnc(SCCOC(F)(F)F)c12. The van der Waals surface area contributed by atoms with Crippen molar-refractivity contribution in [2.45, 2.75) is 18.3 Å². The Balaban J connectivity index is 2.18. The zero-order chi connectivity index (χ0) is 15.6. The van der Waals surface area contributed by atoms with Gasteiger partial charge in [0.2, 0.25) is 0 Å². The van der Waals surface area contributed by atoms with Crippen molar-refractivity contribution in [2.24, 2.45) is 0 Å². The van der Waals surface area contributed by atoms with Crippen molar-refractivity contribution < 1.29 is 27.8 Å². The van der Waals surface area contributed by atoms with Crippen LogP contribution in [0.25, 0.3) is 10.2 Å². The minimum Gasteiger partial charge on any atom is -0.477 e. The molecule has 0 saturated heterocycles. The molecule has 0 aliphatic heterocycles. The number of carboxylic acids is 1. The highest BCUT2D eigenvalue weighted by Crippen LogP contribution is 2.35. The fourth-order valence-corrected chi connectivity index (χ4v) is 3.58. The van der Waals surface area contributed by atoms with Gasteiger partial charge in [0.25, 0.3) is 0 Å². The number of carbonyl (C=O) groups is 1. The summed E-state index contributed by atoms with van der Waals surface area (Å²) in [6, 6.07) is 0. The monoisotopic (exact) mass is 338 g/mol. The van der Waals surface area contributed by atoms with Crippen molar-refractivity contribution in [3.63, 3.8) is 0 Å². The maximum absolute atomic E-state index is 11.9. The molecular weight excluding hydrogens is 329 g/mol. The van der Waals surface area contributed by atoms with Crippen LogP contribution in [0.1, 0.15) is 15.2 Å². The van der Waals surface area contributed by atoms with Gasteiger partial charge >= 0.3 is 12.3 Å². The van der Waals surface area contributed by atoms with Gasteiger partial charge in [0.15, 0.2) is 0 Å². The van der Waals surface area contributed by atoms with Crippen molar-refractivity contribution in [1.29, 1.82) is 0 Å². The summed E-state index contributed by atoms with van der Waals surface area (Å²) in [5.74, 6) is -1.02. The standard InChI is InChI=1S/C11H9F3N2O3S2/c1-5-6-8(20-3-2-19-11(12,13)14)15-4-16-9(6)21-7(5)10(17)18/h4H,2-3H2,1H3,(H,17,18). The number of alkyl halides is 3. The molecule has 2 aromatic rings. The molecule has 0 radical (unpaired) electrons. The minimum absolute atomic E-state index is 0.0450. The Kier molecular flexibility index (Phi) is 4.69. The number of rotatable bonds is 5. The minimum atomic E-state index is -4.66. The van der Waals surface area contributed by atoms with E-state index in [0.717, 1.165) is 23.1 Å². The number of aromatic nitrogens is 2. The summed E-state index contributed by atoms with van der Waals surface area (Å²) in [7, 11) is 0. The highest BCUT2D eigenvalue weighted by molar-refractivity contribution is 7.99. The molecule has 0 aromatic carbocycles. The number of aromatic carboxylic acids is 1. The van der Waals surface area contributed by atoms with Gasteiger partial charge in [0.05, 0.1) is 6.61 Å². The van der Waals surface area contributed by atoms with Gasteiger partial charge in [-0.25, -0.2) is 14.8 Å². The third kappa shape index (κ3) is 3.83. The van der Waals surface area contributed by atoms with Gasteiger partial charge in [-0.1, -0.05) is 0 Å². The molecule has 0 unspecified atom stereocenters. The Morgan fingerprint density at radius 2 is 2.19 bits per heavy atom. The fourth-order valence-electron chi connectivity index (χ4n) is 1.65. The van der Waals surface area contributed by atoms with Crippen LogP contribution in [0.4, 0.5) is 13.2 Å². The molecule has 2 rings (SSSR count). The third-order valence-electron chi connectivity index (χ3n) is 2.47. The predicted molar refractivity (Wildman–Crippen MR) is 71.8 cm³/mol. The van der Waals surface area contributed by atoms with Crippen molar-refractivity contribution in [3.8, 4) is 0 Å². The molecule has 0 saturated carbocycles. The topological polar surface area (TPSA) is 72.3 Å². The van der Waals surface area contributed by atoms with E-state index >= 15 is 0 Å². The normalized spacial score (nSPS) is 12.0. The highest BCUT2D eigenvalue weighted by atomic mass is 32.2. The summed E-state index contributed by atoms with van der Waals surface area (Å²) in [5.41, 5.74) is 0.516. The van der Waals surface area contributed by atoms with E-state index < -0.39 is 18.9 Å². The number of thioether (sulfide) groups is 1. The second kappa shape index (κ2) is 6.16. The number of nitrogens with zero attached hydrogens (tertiary/aromatic N) is 2. The van der Waals surface area contributed by atoms with Gasteiger partial charge in [0.1, 0.15) is 21.1 Å². The largest absolute Gasteiger partial charge is 0.522 e. The van der Waals surface area contributed by atoms with Crippen LogP contribution in [0.5, 0.6) is 0 Å². The second-order valence-electron chi connectivity index (χ2n) is 3.86. The van der Waals surface area contributed by atoms with Crippen LogP contribution in [0, 0.1) is 6.92 Å². The Labute approximate surface area is 125 Å². The smallest absolute Gasteiger partial charge is 0.477 e. The number of hydrogen-bond acceptors (Lipinski definition) is 6. The average Bonchev–Trinajstić information content (AvgIpc) is 2.72. The molecule has 0 aliphatic carbocycles. The summed E-state index contributed by atoms with van der Waals surface area (Å²) in [4.78, 5) is 19.7. The first-order chi connectivity index (χ1) is 9.79. The molecule has 21 heavy (non-hydrogen) atoms. The van der Waals surface area contributed by atoms with E-state index in [1.54, 1.807) is 6.92 Å². The third-order valence-corrected chi connectivity index (χ3v) is 4.62. The Bertz CT molecular complexity index is 673. The van der Waals surface area contributed by atoms with Crippen LogP contribution in [0.15, 0.2) is 11.4 Å². The predicted octanol–water partition coefficient (Wildman–Crippen LogP) is 3.33. The van der Waals surface area contributed by atoms with E-state index in [2.05, 4.69) is 14.7 Å². The first-order valence-electron chi connectivity index (χ1n) is 5.60. The number of ether oxygens (including phenoxy) is 1. The van der Waals surface area contributed by atoms with Crippen LogP contribution < -0.4 is 0 Å². The fraction of sp³-hybridized carbons (Fsp3) is 0.364. The van der Waals surface area contributed by atoms with Gasteiger partial charge in [-0.05, 0) is 12.5 Å². The highest BCUT2D eigenvalue weighted by Gasteiger charge is 2.28. The van der Waals surface area contributed by atoms with Crippen LogP contribution >= 0.6 is 23.1 Å². The lowest BCUT2D eigenvalue weighted by molar-refractivity contribution is -0.322. The van der Waals surface area contributed by atoms with E-state index in [9.17, 15) is 18.0 Å². The molecule has 1 N–H and O–H groups in total. The van der Waals surface area contributed by atoms with Gasteiger partial charge in [0, 0.05) is 11.1 Å². The zero-order valence-corrected chi connectivity index (χ0v) is 12.2. The molecule has 0 spiro atoms. The number of aryl methyl sites for hydroxylation is 1. The molecule has 0 amide bonds. The lowest BCUT2D eigenvalue weighted by atomic mass is 10.2. The molecule has 0 aliphatic rings. The van der Waals surface area contributed by atoms with Gasteiger partial charge < -0.3 is 5.11 Å². The first-order valence-corrected chi connectivity index (χ1v) is 7.40. The number of fused-ring (bicyclic) bond motifs is 1. The second-order valence-corrected chi connectivity index (χ2v) is 5.95.